The molecule has 0 unspecified atom stereocenters. The minimum absolute atomic E-state index is 0.0103. The zero-order valence-electron chi connectivity index (χ0n) is 19.2. The Bertz CT molecular complexity index is 885. The van der Waals surface area contributed by atoms with Gasteiger partial charge in [0.25, 0.3) is 0 Å². The van der Waals surface area contributed by atoms with E-state index in [1.807, 2.05) is 60.7 Å². The molecule has 0 radical (unpaired) electrons. The first kappa shape index (κ1) is 22.0. The van der Waals surface area contributed by atoms with Crippen molar-refractivity contribution in [3.05, 3.63) is 71.8 Å². The van der Waals surface area contributed by atoms with Crippen LogP contribution >= 0.6 is 0 Å². The standard InChI is InChI=1S/C28H34N2O3/c31-25(33-26(23-8-3-1-4-9-23)24-10-5-2-6-11-24)12-7-13-29-27(32)30-28-17-20-14-21(18-28)16-22(15-20)19-28/h1-6,8-11,20-22,26H,7,12-19H2,(H2,29,30,32). The fourth-order valence-electron chi connectivity index (χ4n) is 6.76. The highest BCUT2D eigenvalue weighted by Gasteiger charge is 2.51. The largest absolute Gasteiger partial charge is 0.453 e. The normalized spacial score (nSPS) is 27.4. The molecule has 0 heterocycles. The molecule has 4 fully saturated rings. The van der Waals surface area contributed by atoms with E-state index in [0.717, 1.165) is 48.1 Å². The van der Waals surface area contributed by atoms with Crippen LogP contribution in [0.5, 0.6) is 0 Å². The lowest BCUT2D eigenvalue weighted by atomic mass is 9.53. The predicted octanol–water partition coefficient (Wildman–Crippen LogP) is 5.37. The Balaban J connectivity index is 1.08. The van der Waals surface area contributed by atoms with Crippen molar-refractivity contribution in [2.75, 3.05) is 6.54 Å². The van der Waals surface area contributed by atoms with Gasteiger partial charge in [-0.2, -0.15) is 0 Å². The second-order valence-corrected chi connectivity index (χ2v) is 10.4. The average molecular weight is 447 g/mol. The summed E-state index contributed by atoms with van der Waals surface area (Å²) in [6.07, 6.45) is 7.90. The number of carbonyl (C=O) groups is 2. The number of urea groups is 1. The quantitative estimate of drug-likeness (QED) is 0.423. The van der Waals surface area contributed by atoms with Gasteiger partial charge in [0.2, 0.25) is 0 Å². The molecule has 2 aromatic rings. The van der Waals surface area contributed by atoms with Gasteiger partial charge < -0.3 is 15.4 Å². The van der Waals surface area contributed by atoms with Crippen LogP contribution < -0.4 is 10.6 Å². The molecule has 2 amide bonds. The first-order chi connectivity index (χ1) is 16.1. The molecular weight excluding hydrogens is 412 g/mol. The number of esters is 1. The number of rotatable bonds is 8. The van der Waals surface area contributed by atoms with Crippen molar-refractivity contribution >= 4 is 12.0 Å². The van der Waals surface area contributed by atoms with E-state index < -0.39 is 6.10 Å². The Hall–Kier alpha value is -2.82. The summed E-state index contributed by atoms with van der Waals surface area (Å²) < 4.78 is 5.85. The van der Waals surface area contributed by atoms with E-state index in [2.05, 4.69) is 10.6 Å². The summed E-state index contributed by atoms with van der Waals surface area (Å²) in [5, 5.41) is 6.29. The van der Waals surface area contributed by atoms with Gasteiger partial charge >= 0.3 is 12.0 Å². The van der Waals surface area contributed by atoms with Crippen molar-refractivity contribution in [3.63, 3.8) is 0 Å². The van der Waals surface area contributed by atoms with Crippen molar-refractivity contribution < 1.29 is 14.3 Å². The number of benzene rings is 2. The van der Waals surface area contributed by atoms with Crippen LogP contribution in [-0.4, -0.2) is 24.1 Å². The predicted molar refractivity (Wildman–Crippen MR) is 127 cm³/mol. The summed E-state index contributed by atoms with van der Waals surface area (Å²) in [7, 11) is 0. The van der Waals surface area contributed by atoms with Crippen LogP contribution in [0.3, 0.4) is 0 Å². The maximum atomic E-state index is 12.6. The van der Waals surface area contributed by atoms with Crippen LogP contribution in [0.4, 0.5) is 4.79 Å². The van der Waals surface area contributed by atoms with E-state index in [0.29, 0.717) is 13.0 Å². The number of carbonyl (C=O) groups excluding carboxylic acids is 2. The molecular formula is C28H34N2O3. The molecule has 0 atom stereocenters. The molecule has 33 heavy (non-hydrogen) atoms. The number of hydrogen-bond donors (Lipinski definition) is 2. The molecule has 2 N–H and O–H groups in total. The van der Waals surface area contributed by atoms with Gasteiger partial charge in [-0.1, -0.05) is 60.7 Å². The van der Waals surface area contributed by atoms with E-state index in [-0.39, 0.29) is 24.0 Å². The van der Waals surface area contributed by atoms with Gasteiger partial charge in [-0.25, -0.2) is 4.79 Å². The third-order valence-corrected chi connectivity index (χ3v) is 7.71. The lowest BCUT2D eigenvalue weighted by molar-refractivity contribution is -0.147. The first-order valence-corrected chi connectivity index (χ1v) is 12.4. The Morgan fingerprint density at radius 3 is 1.88 bits per heavy atom. The fourth-order valence-corrected chi connectivity index (χ4v) is 6.76. The van der Waals surface area contributed by atoms with Crippen LogP contribution in [0.25, 0.3) is 0 Å². The highest BCUT2D eigenvalue weighted by Crippen LogP contribution is 2.55. The Morgan fingerprint density at radius 2 is 1.36 bits per heavy atom. The van der Waals surface area contributed by atoms with E-state index in [9.17, 15) is 9.59 Å². The fraction of sp³-hybridized carbons (Fsp3) is 0.500. The molecule has 4 aliphatic carbocycles. The third-order valence-electron chi connectivity index (χ3n) is 7.71. The van der Waals surface area contributed by atoms with E-state index >= 15 is 0 Å². The Labute approximate surface area is 196 Å². The summed E-state index contributed by atoms with van der Waals surface area (Å²) in [6, 6.07) is 19.5. The molecule has 6 rings (SSSR count). The van der Waals surface area contributed by atoms with Gasteiger partial charge in [-0.15, -0.1) is 0 Å². The molecule has 4 saturated carbocycles. The molecule has 0 spiro atoms. The smallest absolute Gasteiger partial charge is 0.315 e. The third kappa shape index (κ3) is 5.23. The lowest BCUT2D eigenvalue weighted by Crippen LogP contribution is -2.61. The lowest BCUT2D eigenvalue weighted by Gasteiger charge is -2.56. The first-order valence-electron chi connectivity index (χ1n) is 12.4. The van der Waals surface area contributed by atoms with Gasteiger partial charge in [0, 0.05) is 18.5 Å². The molecule has 0 saturated heterocycles. The maximum absolute atomic E-state index is 12.6. The highest BCUT2D eigenvalue weighted by atomic mass is 16.5. The summed E-state index contributed by atoms with van der Waals surface area (Å²) >= 11 is 0. The summed E-state index contributed by atoms with van der Waals surface area (Å²) in [5.41, 5.74) is 1.91. The van der Waals surface area contributed by atoms with Gasteiger partial charge in [0.1, 0.15) is 0 Å². The van der Waals surface area contributed by atoms with Crippen molar-refractivity contribution in [1.82, 2.24) is 10.6 Å². The summed E-state index contributed by atoms with van der Waals surface area (Å²) in [6.45, 7) is 0.467. The molecule has 5 nitrogen and oxygen atoms in total. The van der Waals surface area contributed by atoms with Gasteiger partial charge in [-0.05, 0) is 73.8 Å². The second-order valence-electron chi connectivity index (χ2n) is 10.4. The van der Waals surface area contributed by atoms with Gasteiger partial charge in [0.15, 0.2) is 6.10 Å². The van der Waals surface area contributed by atoms with E-state index in [1.54, 1.807) is 0 Å². The van der Waals surface area contributed by atoms with Crippen LogP contribution in [0.1, 0.15) is 68.6 Å². The minimum Gasteiger partial charge on any atom is -0.453 e. The van der Waals surface area contributed by atoms with Crippen LogP contribution in [0.15, 0.2) is 60.7 Å². The Kier molecular flexibility index (Phi) is 6.39. The minimum atomic E-state index is -0.424. The molecule has 0 aliphatic heterocycles. The molecule has 4 bridgehead atoms. The molecule has 2 aromatic carbocycles. The second kappa shape index (κ2) is 9.58. The van der Waals surface area contributed by atoms with Crippen LogP contribution in [0.2, 0.25) is 0 Å². The van der Waals surface area contributed by atoms with Crippen molar-refractivity contribution in [2.24, 2.45) is 17.8 Å². The number of nitrogens with one attached hydrogen (secondary N) is 2. The summed E-state index contributed by atoms with van der Waals surface area (Å²) in [5.74, 6) is 2.14. The van der Waals surface area contributed by atoms with Crippen molar-refractivity contribution in [1.29, 1.82) is 0 Å². The Morgan fingerprint density at radius 1 is 0.848 bits per heavy atom. The number of ether oxygens (including phenoxy) is 1. The number of hydrogen-bond acceptors (Lipinski definition) is 3. The van der Waals surface area contributed by atoms with Gasteiger partial charge in [-0.3, -0.25) is 4.79 Å². The monoisotopic (exact) mass is 446 g/mol. The number of amides is 2. The zero-order valence-corrected chi connectivity index (χ0v) is 19.2. The van der Waals surface area contributed by atoms with Crippen molar-refractivity contribution in [3.8, 4) is 0 Å². The highest BCUT2D eigenvalue weighted by molar-refractivity contribution is 5.75. The van der Waals surface area contributed by atoms with Crippen LogP contribution in [0, 0.1) is 17.8 Å². The molecule has 0 aromatic heterocycles. The molecule has 4 aliphatic rings. The van der Waals surface area contributed by atoms with Crippen molar-refractivity contribution in [2.45, 2.75) is 63.0 Å². The summed E-state index contributed by atoms with van der Waals surface area (Å²) in [4.78, 5) is 25.2. The molecule has 174 valence electrons. The van der Waals surface area contributed by atoms with E-state index in [4.69, 9.17) is 4.74 Å². The average Bonchev–Trinajstić information content (AvgIpc) is 2.80. The van der Waals surface area contributed by atoms with Crippen LogP contribution in [-0.2, 0) is 9.53 Å². The van der Waals surface area contributed by atoms with E-state index in [1.165, 1.54) is 19.3 Å². The maximum Gasteiger partial charge on any atom is 0.315 e. The topological polar surface area (TPSA) is 67.4 Å². The van der Waals surface area contributed by atoms with Gasteiger partial charge in [0.05, 0.1) is 0 Å². The SMILES string of the molecule is O=C(NCCCC(=O)OC(c1ccccc1)c1ccccc1)NC12CC3CC(CC(C3)C1)C2. The molecule has 5 heteroatoms. The zero-order chi connectivity index (χ0) is 22.7.